The predicted octanol–water partition coefficient (Wildman–Crippen LogP) is 1.30. The first-order valence-corrected chi connectivity index (χ1v) is 8.34. The van der Waals surface area contributed by atoms with Crippen LogP contribution in [-0.4, -0.2) is 84.3 Å². The van der Waals surface area contributed by atoms with Gasteiger partial charge in [-0.15, -0.1) is 0 Å². The van der Waals surface area contributed by atoms with Gasteiger partial charge in [0, 0.05) is 32.7 Å². The SMILES string of the molecule is COC(=O)N1CCC[C@H]1C(=O)N1CCN(C(=O)OC(C)(C)C)CC1. The molecule has 2 aliphatic heterocycles. The van der Waals surface area contributed by atoms with Crippen LogP contribution in [0.5, 0.6) is 0 Å². The van der Waals surface area contributed by atoms with Crippen LogP contribution < -0.4 is 0 Å². The largest absolute Gasteiger partial charge is 0.453 e. The van der Waals surface area contributed by atoms with E-state index >= 15 is 0 Å². The van der Waals surface area contributed by atoms with Gasteiger partial charge in [-0.2, -0.15) is 0 Å². The molecular formula is C16H27N3O5. The van der Waals surface area contributed by atoms with Crippen molar-refractivity contribution >= 4 is 18.1 Å². The van der Waals surface area contributed by atoms with E-state index in [4.69, 9.17) is 9.47 Å². The Kier molecular flexibility index (Phi) is 5.56. The van der Waals surface area contributed by atoms with Crippen molar-refractivity contribution in [3.63, 3.8) is 0 Å². The summed E-state index contributed by atoms with van der Waals surface area (Å²) in [5.74, 6) is -0.0678. The van der Waals surface area contributed by atoms with Crippen molar-refractivity contribution in [1.29, 1.82) is 0 Å². The van der Waals surface area contributed by atoms with Crippen LogP contribution >= 0.6 is 0 Å². The van der Waals surface area contributed by atoms with E-state index in [1.165, 1.54) is 12.0 Å². The van der Waals surface area contributed by atoms with Gasteiger partial charge in [-0.1, -0.05) is 0 Å². The molecule has 0 spiro atoms. The number of hydrogen-bond acceptors (Lipinski definition) is 5. The maximum atomic E-state index is 12.7. The molecule has 1 atom stereocenters. The summed E-state index contributed by atoms with van der Waals surface area (Å²) in [6.07, 6.45) is 0.633. The van der Waals surface area contributed by atoms with Gasteiger partial charge in [-0.3, -0.25) is 9.69 Å². The second-order valence-electron chi connectivity index (χ2n) is 7.11. The Morgan fingerprint density at radius 1 is 0.917 bits per heavy atom. The maximum absolute atomic E-state index is 12.7. The molecule has 8 heteroatoms. The van der Waals surface area contributed by atoms with Crippen LogP contribution in [0.15, 0.2) is 0 Å². The number of hydrogen-bond donors (Lipinski definition) is 0. The van der Waals surface area contributed by atoms with Gasteiger partial charge in [0.1, 0.15) is 11.6 Å². The first kappa shape index (κ1) is 18.4. The molecule has 3 amide bonds. The molecule has 0 radical (unpaired) electrons. The average Bonchev–Trinajstić information content (AvgIpc) is 3.01. The van der Waals surface area contributed by atoms with Gasteiger partial charge in [0.2, 0.25) is 5.91 Å². The molecule has 136 valence electrons. The van der Waals surface area contributed by atoms with Gasteiger partial charge in [0.15, 0.2) is 0 Å². The first-order chi connectivity index (χ1) is 11.2. The van der Waals surface area contributed by atoms with Crippen LogP contribution in [0.1, 0.15) is 33.6 Å². The molecule has 0 unspecified atom stereocenters. The minimum absolute atomic E-state index is 0.0678. The molecule has 8 nitrogen and oxygen atoms in total. The normalized spacial score (nSPS) is 21.7. The summed E-state index contributed by atoms with van der Waals surface area (Å²) in [6.45, 7) is 7.79. The Balaban J connectivity index is 1.89. The number of carbonyl (C=O) groups is 3. The fourth-order valence-electron chi connectivity index (χ4n) is 3.01. The smallest absolute Gasteiger partial charge is 0.410 e. The number of nitrogens with zero attached hydrogens (tertiary/aromatic N) is 3. The molecule has 24 heavy (non-hydrogen) atoms. The van der Waals surface area contributed by atoms with Gasteiger partial charge >= 0.3 is 12.2 Å². The average molecular weight is 341 g/mol. The standard InChI is InChI=1S/C16H27N3O5/c1-16(2,3)24-14(21)18-10-8-17(9-11-18)13(20)12-6-5-7-19(12)15(22)23-4/h12H,5-11H2,1-4H3/t12-/m0/s1. The van der Waals surface area contributed by atoms with Gasteiger partial charge in [0.05, 0.1) is 7.11 Å². The molecule has 0 aromatic carbocycles. The number of likely N-dealkylation sites (tertiary alicyclic amines) is 1. The van der Waals surface area contributed by atoms with E-state index in [1.807, 2.05) is 20.8 Å². The lowest BCUT2D eigenvalue weighted by Crippen LogP contribution is -2.55. The summed E-state index contributed by atoms with van der Waals surface area (Å²) in [5.41, 5.74) is -0.533. The van der Waals surface area contributed by atoms with E-state index in [-0.39, 0.29) is 12.0 Å². The van der Waals surface area contributed by atoms with Crippen LogP contribution in [0.2, 0.25) is 0 Å². The molecule has 2 saturated heterocycles. The number of amides is 3. The van der Waals surface area contributed by atoms with Crippen LogP contribution in [0.25, 0.3) is 0 Å². The van der Waals surface area contributed by atoms with Gasteiger partial charge in [-0.05, 0) is 33.6 Å². The topological polar surface area (TPSA) is 79.4 Å². The van der Waals surface area contributed by atoms with E-state index < -0.39 is 17.7 Å². The van der Waals surface area contributed by atoms with E-state index in [0.29, 0.717) is 39.1 Å². The lowest BCUT2D eigenvalue weighted by atomic mass is 10.1. The second kappa shape index (κ2) is 7.27. The van der Waals surface area contributed by atoms with E-state index in [1.54, 1.807) is 9.80 Å². The number of ether oxygens (including phenoxy) is 2. The van der Waals surface area contributed by atoms with Gasteiger partial charge in [-0.25, -0.2) is 9.59 Å². The van der Waals surface area contributed by atoms with Gasteiger partial charge < -0.3 is 19.3 Å². The number of rotatable bonds is 1. The predicted molar refractivity (Wildman–Crippen MR) is 86.5 cm³/mol. The maximum Gasteiger partial charge on any atom is 0.410 e. The van der Waals surface area contributed by atoms with Crippen molar-refractivity contribution in [3.8, 4) is 0 Å². The van der Waals surface area contributed by atoms with Crippen molar-refractivity contribution in [2.75, 3.05) is 39.8 Å². The first-order valence-electron chi connectivity index (χ1n) is 8.34. The Bertz CT molecular complexity index is 494. The number of carbonyl (C=O) groups excluding carboxylic acids is 3. The minimum Gasteiger partial charge on any atom is -0.453 e. The second-order valence-corrected chi connectivity index (χ2v) is 7.11. The van der Waals surface area contributed by atoms with E-state index in [0.717, 1.165) is 6.42 Å². The van der Waals surface area contributed by atoms with Crippen molar-refractivity contribution in [2.24, 2.45) is 0 Å². The lowest BCUT2D eigenvalue weighted by Gasteiger charge is -2.37. The molecule has 2 fully saturated rings. The summed E-state index contributed by atoms with van der Waals surface area (Å²) >= 11 is 0. The molecular weight excluding hydrogens is 314 g/mol. The van der Waals surface area contributed by atoms with Crippen molar-refractivity contribution in [1.82, 2.24) is 14.7 Å². The van der Waals surface area contributed by atoms with Crippen molar-refractivity contribution < 1.29 is 23.9 Å². The Labute approximate surface area is 142 Å². The Morgan fingerprint density at radius 3 is 2.04 bits per heavy atom. The zero-order valence-corrected chi connectivity index (χ0v) is 14.9. The van der Waals surface area contributed by atoms with Crippen LogP contribution in [0, 0.1) is 0 Å². The number of piperazine rings is 1. The molecule has 0 aliphatic carbocycles. The highest BCUT2D eigenvalue weighted by molar-refractivity contribution is 5.86. The molecule has 2 aliphatic rings. The highest BCUT2D eigenvalue weighted by atomic mass is 16.6. The zero-order valence-electron chi connectivity index (χ0n) is 14.9. The summed E-state index contributed by atoms with van der Waals surface area (Å²) in [4.78, 5) is 41.3. The molecule has 2 heterocycles. The van der Waals surface area contributed by atoms with Crippen molar-refractivity contribution in [2.45, 2.75) is 45.3 Å². The summed E-state index contributed by atoms with van der Waals surface area (Å²) < 4.78 is 10.1. The monoisotopic (exact) mass is 341 g/mol. The molecule has 0 aromatic heterocycles. The Hall–Kier alpha value is -1.99. The third-order valence-corrected chi connectivity index (χ3v) is 4.19. The third-order valence-electron chi connectivity index (χ3n) is 4.19. The zero-order chi connectivity index (χ0) is 17.9. The molecule has 0 saturated carbocycles. The van der Waals surface area contributed by atoms with Crippen LogP contribution in [0.3, 0.4) is 0 Å². The molecule has 0 N–H and O–H groups in total. The highest BCUT2D eigenvalue weighted by Gasteiger charge is 2.38. The fourth-order valence-corrected chi connectivity index (χ4v) is 3.01. The van der Waals surface area contributed by atoms with Crippen LogP contribution in [-0.2, 0) is 14.3 Å². The van der Waals surface area contributed by atoms with Crippen LogP contribution in [0.4, 0.5) is 9.59 Å². The summed E-state index contributed by atoms with van der Waals surface area (Å²) in [5, 5.41) is 0. The Morgan fingerprint density at radius 2 is 1.50 bits per heavy atom. The quantitative estimate of drug-likeness (QED) is 0.718. The minimum atomic E-state index is -0.533. The summed E-state index contributed by atoms with van der Waals surface area (Å²) in [7, 11) is 1.32. The number of methoxy groups -OCH3 is 1. The van der Waals surface area contributed by atoms with E-state index in [9.17, 15) is 14.4 Å². The molecule has 2 rings (SSSR count). The molecule has 0 bridgehead atoms. The third kappa shape index (κ3) is 4.30. The summed E-state index contributed by atoms with van der Waals surface area (Å²) in [6, 6.07) is -0.453. The van der Waals surface area contributed by atoms with Crippen molar-refractivity contribution in [3.05, 3.63) is 0 Å². The molecule has 0 aromatic rings. The fraction of sp³-hybridized carbons (Fsp3) is 0.812. The van der Waals surface area contributed by atoms with E-state index in [2.05, 4.69) is 0 Å². The highest BCUT2D eigenvalue weighted by Crippen LogP contribution is 2.21. The van der Waals surface area contributed by atoms with Gasteiger partial charge in [0.25, 0.3) is 0 Å². The lowest BCUT2D eigenvalue weighted by molar-refractivity contribution is -0.137.